The number of hydrogen-bond donors (Lipinski definition) is 7. The van der Waals surface area contributed by atoms with E-state index in [1.807, 2.05) is 0 Å². The number of benzene rings is 1. The Morgan fingerprint density at radius 1 is 1.22 bits per heavy atom. The number of pyridine rings is 1. The maximum atomic E-state index is 12.6. The molecule has 5 rings (SSSR count). The molecule has 2 amide bonds. The molecule has 0 saturated heterocycles. The van der Waals surface area contributed by atoms with Crippen molar-refractivity contribution in [3.63, 3.8) is 0 Å². The zero-order valence-electron chi connectivity index (χ0n) is 19.7. The Balaban J connectivity index is 1.50. The molecule has 37 heavy (non-hydrogen) atoms. The van der Waals surface area contributed by atoms with E-state index in [1.165, 1.54) is 13.2 Å². The molecule has 1 aromatic carbocycles. The number of para-hydroxylation sites is 1. The molecule has 0 spiro atoms. The van der Waals surface area contributed by atoms with E-state index >= 15 is 0 Å². The summed E-state index contributed by atoms with van der Waals surface area (Å²) in [7, 11) is 1.44. The van der Waals surface area contributed by atoms with E-state index < -0.39 is 17.5 Å². The van der Waals surface area contributed by atoms with Gasteiger partial charge >= 0.3 is 6.10 Å². The minimum absolute atomic E-state index is 0.0839. The second kappa shape index (κ2) is 9.08. The average molecular weight is 511 g/mol. The van der Waals surface area contributed by atoms with Crippen molar-refractivity contribution in [3.8, 4) is 17.2 Å². The number of carbonyl (C=O) groups is 2. The number of amides is 2. The number of rotatable bonds is 9. The van der Waals surface area contributed by atoms with E-state index in [1.54, 1.807) is 23.5 Å². The molecule has 3 aromatic rings. The van der Waals surface area contributed by atoms with E-state index in [9.17, 15) is 24.9 Å². The van der Waals surface area contributed by atoms with Crippen LogP contribution in [0.25, 0.3) is 11.5 Å². The van der Waals surface area contributed by atoms with Crippen molar-refractivity contribution >= 4 is 29.0 Å². The van der Waals surface area contributed by atoms with Gasteiger partial charge in [0.05, 0.1) is 35.2 Å². The molecular weight excluding hydrogens is 486 g/mol. The van der Waals surface area contributed by atoms with Gasteiger partial charge in [0.15, 0.2) is 11.6 Å². The van der Waals surface area contributed by atoms with Gasteiger partial charge in [-0.2, -0.15) is 4.98 Å². The summed E-state index contributed by atoms with van der Waals surface area (Å²) in [5.74, 6) is -0.303. The van der Waals surface area contributed by atoms with Crippen LogP contribution in [0.1, 0.15) is 41.9 Å². The lowest BCUT2D eigenvalue weighted by Crippen LogP contribution is -2.48. The second-order valence-electron chi connectivity index (χ2n) is 9.06. The van der Waals surface area contributed by atoms with E-state index in [2.05, 4.69) is 25.8 Å². The van der Waals surface area contributed by atoms with Crippen LogP contribution in [0.5, 0.6) is 5.75 Å². The van der Waals surface area contributed by atoms with Crippen molar-refractivity contribution in [1.82, 2.24) is 20.4 Å². The van der Waals surface area contributed by atoms with Crippen molar-refractivity contribution < 1.29 is 34.2 Å². The minimum Gasteiger partial charge on any atom is -0.494 e. The number of nitrogens with two attached hydrogens (primary N) is 1. The number of carbonyl (C=O) groups excluding carboxylic acids is 2. The molecule has 194 valence electrons. The zero-order chi connectivity index (χ0) is 26.4. The number of hydrogen-bond acceptors (Lipinski definition) is 12. The molecule has 0 unspecified atom stereocenters. The Labute approximate surface area is 209 Å². The molecule has 8 N–H and O–H groups in total. The summed E-state index contributed by atoms with van der Waals surface area (Å²) in [5, 5.41) is 39.0. The molecule has 2 aliphatic rings. The number of aliphatic hydroxyl groups is 3. The van der Waals surface area contributed by atoms with Gasteiger partial charge in [-0.15, -0.1) is 0 Å². The van der Waals surface area contributed by atoms with Gasteiger partial charge < -0.3 is 40.9 Å². The normalized spacial score (nSPS) is 16.1. The molecule has 2 heterocycles. The SMILES string of the molecule is COc1c(Nc2cc(NC(=O)C3CC3)ncc2C(=O)NC(O)(O)O)cccc1-c1nc(C2(N)CC2)no1. The van der Waals surface area contributed by atoms with Crippen molar-refractivity contribution in [2.45, 2.75) is 37.3 Å². The first-order valence-corrected chi connectivity index (χ1v) is 11.4. The topological polar surface area (TPSA) is 218 Å². The third-order valence-electron chi connectivity index (χ3n) is 6.01. The van der Waals surface area contributed by atoms with Crippen LogP contribution < -0.4 is 26.4 Å². The Morgan fingerprint density at radius 3 is 2.62 bits per heavy atom. The number of nitrogens with zero attached hydrogens (tertiary/aromatic N) is 3. The highest BCUT2D eigenvalue weighted by Crippen LogP contribution is 2.43. The fourth-order valence-corrected chi connectivity index (χ4v) is 3.66. The van der Waals surface area contributed by atoms with Crippen LogP contribution in [0, 0.1) is 5.92 Å². The predicted octanol–water partition coefficient (Wildman–Crippen LogP) is 0.498. The molecule has 14 heteroatoms. The molecule has 0 radical (unpaired) electrons. The molecule has 2 aromatic heterocycles. The monoisotopic (exact) mass is 511 g/mol. The van der Waals surface area contributed by atoms with Crippen LogP contribution in [0.2, 0.25) is 0 Å². The molecule has 2 aliphatic carbocycles. The number of aromatic nitrogens is 3. The highest BCUT2D eigenvalue weighted by Gasteiger charge is 2.45. The van der Waals surface area contributed by atoms with Gasteiger partial charge in [0.25, 0.3) is 11.8 Å². The highest BCUT2D eigenvalue weighted by molar-refractivity contribution is 6.02. The summed E-state index contributed by atoms with van der Waals surface area (Å²) in [6.45, 7) is 0. The molecular formula is C23H25N7O7. The molecule has 2 fully saturated rings. The van der Waals surface area contributed by atoms with Gasteiger partial charge in [-0.3, -0.25) is 14.9 Å². The smallest absolute Gasteiger partial charge is 0.369 e. The molecule has 0 aliphatic heterocycles. The fraction of sp³-hybridized carbons (Fsp3) is 0.348. The van der Waals surface area contributed by atoms with E-state index in [-0.39, 0.29) is 34.8 Å². The lowest BCUT2D eigenvalue weighted by Gasteiger charge is -2.19. The summed E-state index contributed by atoms with van der Waals surface area (Å²) in [4.78, 5) is 33.3. The average Bonchev–Trinajstić information content (AvgIpc) is 3.76. The van der Waals surface area contributed by atoms with Gasteiger partial charge in [-0.05, 0) is 37.8 Å². The predicted molar refractivity (Wildman–Crippen MR) is 127 cm³/mol. The Hall–Kier alpha value is -4.11. The van der Waals surface area contributed by atoms with Crippen LogP contribution >= 0.6 is 0 Å². The molecule has 0 bridgehead atoms. The maximum Gasteiger partial charge on any atom is 0.369 e. The highest BCUT2D eigenvalue weighted by atomic mass is 16.7. The lowest BCUT2D eigenvalue weighted by atomic mass is 10.1. The van der Waals surface area contributed by atoms with Gasteiger partial charge in [0.1, 0.15) is 5.82 Å². The van der Waals surface area contributed by atoms with E-state index in [4.69, 9.17) is 15.0 Å². The first kappa shape index (κ1) is 24.6. The quantitative estimate of drug-likeness (QED) is 0.195. The van der Waals surface area contributed by atoms with Crippen LogP contribution in [0.15, 0.2) is 35.0 Å². The zero-order valence-corrected chi connectivity index (χ0v) is 19.7. The number of methoxy groups -OCH3 is 1. The van der Waals surface area contributed by atoms with Gasteiger partial charge in [-0.25, -0.2) is 4.98 Å². The standard InChI is InChI=1S/C23H25N7O7/c1-36-17-12(20-28-21(30-37-20)22(24)7-8-22)3-2-4-14(17)26-15-9-16(27-18(31)11-5-6-11)25-10-13(15)19(32)29-23(33,34)35/h2-4,9-11,33-35H,5-8,24H2,1H3,(H,29,32)(H2,25,26,27,31). The number of ether oxygens (including phenoxy) is 1. The second-order valence-corrected chi connectivity index (χ2v) is 9.06. The maximum absolute atomic E-state index is 12.6. The lowest BCUT2D eigenvalue weighted by molar-refractivity contribution is -0.323. The van der Waals surface area contributed by atoms with Crippen molar-refractivity contribution in [1.29, 1.82) is 0 Å². The van der Waals surface area contributed by atoms with Crippen LogP contribution in [-0.2, 0) is 10.3 Å². The molecule has 14 nitrogen and oxygen atoms in total. The summed E-state index contributed by atoms with van der Waals surface area (Å²) in [5.41, 5.74) is 6.35. The van der Waals surface area contributed by atoms with E-state index in [0.29, 0.717) is 22.8 Å². The van der Waals surface area contributed by atoms with Crippen LogP contribution in [-0.4, -0.2) is 55.5 Å². The van der Waals surface area contributed by atoms with Crippen molar-refractivity contribution in [2.24, 2.45) is 11.7 Å². The minimum atomic E-state index is -3.46. The Kier molecular flexibility index (Phi) is 6.03. The number of nitrogens with one attached hydrogen (secondary N) is 3. The van der Waals surface area contributed by atoms with Gasteiger partial charge in [0, 0.05) is 18.2 Å². The van der Waals surface area contributed by atoms with Crippen LogP contribution in [0.4, 0.5) is 17.2 Å². The third kappa shape index (κ3) is 5.36. The molecule has 2 saturated carbocycles. The van der Waals surface area contributed by atoms with Gasteiger partial charge in [-0.1, -0.05) is 11.2 Å². The Morgan fingerprint density at radius 2 is 1.97 bits per heavy atom. The molecule has 0 atom stereocenters. The van der Waals surface area contributed by atoms with Crippen molar-refractivity contribution in [2.75, 3.05) is 17.7 Å². The van der Waals surface area contributed by atoms with Crippen molar-refractivity contribution in [3.05, 3.63) is 41.9 Å². The van der Waals surface area contributed by atoms with Gasteiger partial charge in [0.2, 0.25) is 5.91 Å². The summed E-state index contributed by atoms with van der Waals surface area (Å²) in [6, 6.07) is 6.45. The number of anilines is 3. The van der Waals surface area contributed by atoms with Crippen LogP contribution in [0.3, 0.4) is 0 Å². The first-order valence-electron chi connectivity index (χ1n) is 11.4. The summed E-state index contributed by atoms with van der Waals surface area (Å²) >= 11 is 0. The summed E-state index contributed by atoms with van der Waals surface area (Å²) in [6.07, 6.45) is 0.749. The van der Waals surface area contributed by atoms with E-state index in [0.717, 1.165) is 31.9 Å². The summed E-state index contributed by atoms with van der Waals surface area (Å²) < 4.78 is 11.0. The third-order valence-corrected chi connectivity index (χ3v) is 6.01. The largest absolute Gasteiger partial charge is 0.494 e. The fourth-order valence-electron chi connectivity index (χ4n) is 3.66. The Bertz CT molecular complexity index is 1360. The first-order chi connectivity index (χ1) is 17.6.